The molecule has 11 aromatic rings. The number of rotatable bonds is 5. The lowest BCUT2D eigenvalue weighted by atomic mass is 9.97. The molecule has 0 radical (unpaired) electrons. The summed E-state index contributed by atoms with van der Waals surface area (Å²) in [7, 11) is 0. The van der Waals surface area contributed by atoms with Crippen LogP contribution < -0.4 is 4.90 Å². The lowest BCUT2D eigenvalue weighted by Crippen LogP contribution is -2.12. The Hall–Kier alpha value is -7.17. The molecule has 0 aliphatic heterocycles. The van der Waals surface area contributed by atoms with Crippen molar-refractivity contribution in [2.45, 2.75) is 0 Å². The van der Waals surface area contributed by atoms with Gasteiger partial charge in [0, 0.05) is 38.2 Å². The minimum absolute atomic E-state index is 0.600. The average molecular weight is 678 g/mol. The van der Waals surface area contributed by atoms with Gasteiger partial charge in [0.15, 0.2) is 5.58 Å². The van der Waals surface area contributed by atoms with Gasteiger partial charge in [0.1, 0.15) is 5.52 Å². The molecular formula is C49H31N3O. The van der Waals surface area contributed by atoms with Gasteiger partial charge in [0.25, 0.3) is 0 Å². The molecule has 0 aliphatic carbocycles. The first-order valence-electron chi connectivity index (χ1n) is 18.0. The zero-order valence-corrected chi connectivity index (χ0v) is 28.6. The van der Waals surface area contributed by atoms with E-state index in [1.165, 1.54) is 43.4 Å². The Kier molecular flexibility index (Phi) is 6.52. The molecule has 0 atom stereocenters. The second kappa shape index (κ2) is 11.7. The zero-order valence-electron chi connectivity index (χ0n) is 28.6. The second-order valence-electron chi connectivity index (χ2n) is 13.5. The van der Waals surface area contributed by atoms with Gasteiger partial charge in [-0.2, -0.15) is 0 Å². The monoisotopic (exact) mass is 677 g/mol. The van der Waals surface area contributed by atoms with Crippen LogP contribution in [-0.2, 0) is 0 Å². The van der Waals surface area contributed by atoms with Gasteiger partial charge in [-0.1, -0.05) is 133 Å². The smallest absolute Gasteiger partial charge is 0.227 e. The Bertz CT molecular complexity index is 3180. The molecule has 0 aliphatic rings. The molecule has 0 saturated heterocycles. The summed E-state index contributed by atoms with van der Waals surface area (Å²) in [4.78, 5) is 7.43. The van der Waals surface area contributed by atoms with Crippen molar-refractivity contribution < 1.29 is 4.42 Å². The molecule has 0 saturated carbocycles. The number of aromatic nitrogens is 2. The predicted molar refractivity (Wildman–Crippen MR) is 221 cm³/mol. The van der Waals surface area contributed by atoms with Crippen molar-refractivity contribution in [2.24, 2.45) is 0 Å². The average Bonchev–Trinajstić information content (AvgIpc) is 3.82. The van der Waals surface area contributed by atoms with E-state index < -0.39 is 0 Å². The Morgan fingerprint density at radius 3 is 1.83 bits per heavy atom. The molecular weight excluding hydrogens is 647 g/mol. The summed E-state index contributed by atoms with van der Waals surface area (Å²) in [5.74, 6) is 0.600. The van der Waals surface area contributed by atoms with E-state index in [-0.39, 0.29) is 0 Å². The van der Waals surface area contributed by atoms with Gasteiger partial charge in [-0.05, 0) is 70.8 Å². The van der Waals surface area contributed by atoms with Crippen molar-refractivity contribution in [3.05, 3.63) is 188 Å². The molecule has 11 rings (SSSR count). The Balaban J connectivity index is 1.30. The first kappa shape index (κ1) is 29.5. The molecule has 2 aromatic heterocycles. The van der Waals surface area contributed by atoms with E-state index in [0.29, 0.717) is 5.89 Å². The van der Waals surface area contributed by atoms with Crippen LogP contribution in [0.5, 0.6) is 0 Å². The van der Waals surface area contributed by atoms with E-state index >= 15 is 0 Å². The van der Waals surface area contributed by atoms with Crippen molar-refractivity contribution in [3.8, 4) is 17.1 Å². The van der Waals surface area contributed by atoms with Gasteiger partial charge in [-0.25, -0.2) is 4.98 Å². The zero-order chi connectivity index (χ0) is 34.9. The first-order chi connectivity index (χ1) is 26.3. The first-order valence-corrected chi connectivity index (χ1v) is 18.0. The third-order valence-electron chi connectivity index (χ3n) is 10.6. The molecule has 4 heteroatoms. The minimum atomic E-state index is 0.600. The van der Waals surface area contributed by atoms with Crippen molar-refractivity contribution in [1.29, 1.82) is 0 Å². The standard InChI is InChI=1S/C49H31N3O/c1-3-16-32(17-4-1)49-50-42-27-15-29-44(48(42)53-49)52(45-30-33-18-7-8-21-35(33)36-22-9-10-23-37(36)45)46-31-41-39-25-13-14-28-43(39)51(34-19-5-2-6-20-34)47(41)40-26-12-11-24-38(40)46/h1-31H. The third-order valence-corrected chi connectivity index (χ3v) is 10.6. The molecule has 9 aromatic carbocycles. The fourth-order valence-corrected chi connectivity index (χ4v) is 8.26. The number of para-hydroxylation sites is 3. The molecule has 0 spiro atoms. The molecule has 0 amide bonds. The van der Waals surface area contributed by atoms with E-state index in [9.17, 15) is 0 Å². The Morgan fingerprint density at radius 2 is 1.04 bits per heavy atom. The van der Waals surface area contributed by atoms with Gasteiger partial charge in [0.2, 0.25) is 5.89 Å². The lowest BCUT2D eigenvalue weighted by molar-refractivity contribution is 0.620. The van der Waals surface area contributed by atoms with Crippen LogP contribution in [0.2, 0.25) is 0 Å². The molecule has 0 bridgehead atoms. The number of anilines is 3. The van der Waals surface area contributed by atoms with E-state index in [1.54, 1.807) is 0 Å². The quantitative estimate of drug-likeness (QED) is 0.170. The summed E-state index contributed by atoms with van der Waals surface area (Å²) in [5, 5.41) is 9.44. The predicted octanol–water partition coefficient (Wildman–Crippen LogP) is 13.5. The number of hydrogen-bond donors (Lipinski definition) is 0. The van der Waals surface area contributed by atoms with Crippen molar-refractivity contribution in [1.82, 2.24) is 9.55 Å². The van der Waals surface area contributed by atoms with Crippen molar-refractivity contribution in [2.75, 3.05) is 4.90 Å². The highest BCUT2D eigenvalue weighted by Crippen LogP contribution is 2.49. The van der Waals surface area contributed by atoms with E-state index in [0.717, 1.165) is 50.2 Å². The van der Waals surface area contributed by atoms with E-state index in [4.69, 9.17) is 9.40 Å². The van der Waals surface area contributed by atoms with Crippen LogP contribution in [0.4, 0.5) is 17.1 Å². The van der Waals surface area contributed by atoms with Crippen LogP contribution in [0.25, 0.3) is 82.4 Å². The van der Waals surface area contributed by atoms with Crippen LogP contribution >= 0.6 is 0 Å². The van der Waals surface area contributed by atoms with Crippen molar-refractivity contribution in [3.63, 3.8) is 0 Å². The highest BCUT2D eigenvalue weighted by Gasteiger charge is 2.26. The summed E-state index contributed by atoms with van der Waals surface area (Å²) in [6.07, 6.45) is 0. The van der Waals surface area contributed by atoms with Gasteiger partial charge in [-0.3, -0.25) is 0 Å². The molecule has 2 heterocycles. The summed E-state index contributed by atoms with van der Waals surface area (Å²) in [5.41, 5.74) is 9.03. The van der Waals surface area contributed by atoms with Gasteiger partial charge in [0.05, 0.1) is 28.1 Å². The van der Waals surface area contributed by atoms with Crippen LogP contribution in [0, 0.1) is 0 Å². The molecule has 4 nitrogen and oxygen atoms in total. The molecule has 0 fully saturated rings. The number of fused-ring (bicyclic) bond motifs is 9. The van der Waals surface area contributed by atoms with Crippen LogP contribution in [0.15, 0.2) is 192 Å². The van der Waals surface area contributed by atoms with Crippen LogP contribution in [0.1, 0.15) is 0 Å². The summed E-state index contributed by atoms with van der Waals surface area (Å²) in [6, 6.07) is 66.8. The fourth-order valence-electron chi connectivity index (χ4n) is 8.26. The maximum Gasteiger partial charge on any atom is 0.227 e. The van der Waals surface area contributed by atoms with Gasteiger partial charge in [-0.15, -0.1) is 0 Å². The summed E-state index contributed by atoms with van der Waals surface area (Å²) in [6.45, 7) is 0. The largest absolute Gasteiger partial charge is 0.434 e. The van der Waals surface area contributed by atoms with E-state index in [1.807, 2.05) is 36.4 Å². The fraction of sp³-hybridized carbons (Fsp3) is 0. The van der Waals surface area contributed by atoms with Crippen LogP contribution in [0.3, 0.4) is 0 Å². The highest BCUT2D eigenvalue weighted by atomic mass is 16.3. The summed E-state index contributed by atoms with van der Waals surface area (Å²) >= 11 is 0. The molecule has 0 N–H and O–H groups in total. The number of oxazole rings is 1. The number of hydrogen-bond acceptors (Lipinski definition) is 3. The number of nitrogens with zero attached hydrogens (tertiary/aromatic N) is 3. The normalized spacial score (nSPS) is 11.8. The SMILES string of the molecule is c1ccc(-c2nc3cccc(N(c4cc5ccccc5c5ccccc45)c4cc5c6ccccc6n(-c6ccccc6)c5c5ccccc45)c3o2)cc1. The summed E-state index contributed by atoms with van der Waals surface area (Å²) < 4.78 is 9.20. The second-order valence-corrected chi connectivity index (χ2v) is 13.5. The Morgan fingerprint density at radius 1 is 0.434 bits per heavy atom. The van der Waals surface area contributed by atoms with Gasteiger partial charge < -0.3 is 13.9 Å². The maximum absolute atomic E-state index is 6.78. The van der Waals surface area contributed by atoms with Crippen molar-refractivity contribution >= 4 is 82.3 Å². The lowest BCUT2D eigenvalue weighted by Gasteiger charge is -2.29. The topological polar surface area (TPSA) is 34.2 Å². The molecule has 248 valence electrons. The Labute approximate surface area is 305 Å². The molecule has 53 heavy (non-hydrogen) atoms. The van der Waals surface area contributed by atoms with Gasteiger partial charge >= 0.3 is 0 Å². The highest BCUT2D eigenvalue weighted by molar-refractivity contribution is 6.24. The molecule has 0 unspecified atom stereocenters. The van der Waals surface area contributed by atoms with Crippen LogP contribution in [-0.4, -0.2) is 9.55 Å². The third kappa shape index (κ3) is 4.52. The number of benzene rings is 9. The minimum Gasteiger partial charge on any atom is -0.434 e. The van der Waals surface area contributed by atoms with E-state index in [2.05, 4.69) is 161 Å². The maximum atomic E-state index is 6.78.